The molecular weight excluding hydrogens is 288 g/mol. The maximum atomic E-state index is 6.08. The smallest absolute Gasteiger partial charge is 0.0931 e. The number of nitrogens with zero attached hydrogens (tertiary/aromatic N) is 1. The van der Waals surface area contributed by atoms with E-state index in [9.17, 15) is 0 Å². The summed E-state index contributed by atoms with van der Waals surface area (Å²) >= 11 is 7.77. The van der Waals surface area contributed by atoms with Gasteiger partial charge in [-0.3, -0.25) is 4.90 Å². The molecule has 1 saturated heterocycles. The minimum Gasteiger partial charge on any atom is -0.314 e. The van der Waals surface area contributed by atoms with Gasteiger partial charge in [-0.2, -0.15) is 0 Å². The molecule has 2 nitrogen and oxygen atoms in total. The molecule has 0 amide bonds. The molecule has 1 aliphatic heterocycles. The van der Waals surface area contributed by atoms with Gasteiger partial charge in [0.15, 0.2) is 0 Å². The number of halogens is 1. The van der Waals surface area contributed by atoms with Gasteiger partial charge in [-0.15, -0.1) is 11.3 Å². The predicted octanol–water partition coefficient (Wildman–Crippen LogP) is 4.11. The third-order valence-electron chi connectivity index (χ3n) is 3.97. The summed E-state index contributed by atoms with van der Waals surface area (Å²) in [6, 6.07) is 15.7. The van der Waals surface area contributed by atoms with Gasteiger partial charge in [0, 0.05) is 36.6 Å². The van der Waals surface area contributed by atoms with Crippen molar-refractivity contribution in [3.63, 3.8) is 0 Å². The Morgan fingerprint density at radius 3 is 2.75 bits per heavy atom. The first-order chi connectivity index (χ1) is 9.75. The van der Waals surface area contributed by atoms with Crippen molar-refractivity contribution in [2.45, 2.75) is 19.0 Å². The minimum absolute atomic E-state index is 0.403. The summed E-state index contributed by atoms with van der Waals surface area (Å²) in [5.41, 5.74) is 1.38. The lowest BCUT2D eigenvalue weighted by molar-refractivity contribution is 0.117. The zero-order valence-corrected chi connectivity index (χ0v) is 13.1. The van der Waals surface area contributed by atoms with Gasteiger partial charge in [0.2, 0.25) is 0 Å². The van der Waals surface area contributed by atoms with Crippen molar-refractivity contribution >= 4 is 22.9 Å². The number of rotatable bonds is 3. The average Bonchev–Trinajstić information content (AvgIpc) is 2.94. The molecule has 0 aliphatic carbocycles. The number of benzene rings is 1. The number of hydrogen-bond donors (Lipinski definition) is 1. The molecule has 0 saturated carbocycles. The van der Waals surface area contributed by atoms with E-state index in [1.807, 2.05) is 6.07 Å². The Bertz CT molecular complexity index is 555. The molecule has 1 aromatic carbocycles. The van der Waals surface area contributed by atoms with Crippen molar-refractivity contribution in [3.05, 3.63) is 57.2 Å². The molecule has 20 heavy (non-hydrogen) atoms. The fourth-order valence-electron chi connectivity index (χ4n) is 2.88. The molecule has 3 rings (SSSR count). The lowest BCUT2D eigenvalue weighted by Crippen LogP contribution is -2.46. The molecule has 1 aliphatic rings. The Hall–Kier alpha value is -0.870. The van der Waals surface area contributed by atoms with E-state index in [0.717, 1.165) is 24.0 Å². The van der Waals surface area contributed by atoms with Crippen LogP contribution in [-0.4, -0.2) is 24.5 Å². The summed E-state index contributed by atoms with van der Waals surface area (Å²) in [5, 5.41) is 3.51. The molecule has 2 heterocycles. The molecular formula is C16H19ClN2S. The topological polar surface area (TPSA) is 15.3 Å². The van der Waals surface area contributed by atoms with Gasteiger partial charge in [0.05, 0.1) is 4.34 Å². The summed E-state index contributed by atoms with van der Waals surface area (Å²) in [6.45, 7) is 5.40. The minimum atomic E-state index is 0.403. The van der Waals surface area contributed by atoms with Crippen molar-refractivity contribution in [2.75, 3.05) is 19.6 Å². The van der Waals surface area contributed by atoms with Crippen LogP contribution in [0.15, 0.2) is 42.5 Å². The van der Waals surface area contributed by atoms with Crippen molar-refractivity contribution in [1.82, 2.24) is 10.2 Å². The average molecular weight is 307 g/mol. The Balaban J connectivity index is 1.85. The number of thiophene rings is 1. The Morgan fingerprint density at radius 1 is 1.25 bits per heavy atom. The van der Waals surface area contributed by atoms with Crippen LogP contribution in [0, 0.1) is 0 Å². The maximum Gasteiger partial charge on any atom is 0.0931 e. The van der Waals surface area contributed by atoms with Gasteiger partial charge in [-0.1, -0.05) is 41.9 Å². The highest BCUT2D eigenvalue weighted by molar-refractivity contribution is 7.16. The molecule has 2 atom stereocenters. The van der Waals surface area contributed by atoms with E-state index in [4.69, 9.17) is 11.6 Å². The first kappa shape index (κ1) is 14.1. The molecule has 1 N–H and O–H groups in total. The molecule has 1 aromatic heterocycles. The van der Waals surface area contributed by atoms with E-state index in [2.05, 4.69) is 53.5 Å². The highest BCUT2D eigenvalue weighted by Crippen LogP contribution is 2.35. The van der Waals surface area contributed by atoms with Crippen LogP contribution in [0.5, 0.6) is 0 Å². The van der Waals surface area contributed by atoms with E-state index >= 15 is 0 Å². The second kappa shape index (κ2) is 6.27. The molecule has 2 aromatic rings. The fraction of sp³-hybridized carbons (Fsp3) is 0.375. The molecule has 0 bridgehead atoms. The lowest BCUT2D eigenvalue weighted by Gasteiger charge is -2.40. The van der Waals surface area contributed by atoms with Crippen molar-refractivity contribution < 1.29 is 0 Å². The molecule has 0 radical (unpaired) electrons. The molecule has 2 unspecified atom stereocenters. The summed E-state index contributed by atoms with van der Waals surface area (Å²) in [7, 11) is 0. The quantitative estimate of drug-likeness (QED) is 0.918. The fourth-order valence-corrected chi connectivity index (χ4v) is 4.02. The monoisotopic (exact) mass is 306 g/mol. The number of nitrogens with one attached hydrogen (secondary N) is 1. The third kappa shape index (κ3) is 2.91. The lowest BCUT2D eigenvalue weighted by atomic mass is 10.0. The Kier molecular flexibility index (Phi) is 4.41. The van der Waals surface area contributed by atoms with Crippen LogP contribution in [0.4, 0.5) is 0 Å². The van der Waals surface area contributed by atoms with Gasteiger partial charge >= 0.3 is 0 Å². The van der Waals surface area contributed by atoms with E-state index < -0.39 is 0 Å². The first-order valence-electron chi connectivity index (χ1n) is 7.02. The van der Waals surface area contributed by atoms with Crippen LogP contribution in [0.1, 0.15) is 29.4 Å². The van der Waals surface area contributed by atoms with E-state index in [1.165, 1.54) is 10.4 Å². The summed E-state index contributed by atoms with van der Waals surface area (Å²) in [6.07, 6.45) is 0. The predicted molar refractivity (Wildman–Crippen MR) is 86.5 cm³/mol. The first-order valence-corrected chi connectivity index (χ1v) is 8.22. The third-order valence-corrected chi connectivity index (χ3v) is 5.37. The van der Waals surface area contributed by atoms with Crippen LogP contribution in [0.2, 0.25) is 4.34 Å². The van der Waals surface area contributed by atoms with Crippen LogP contribution < -0.4 is 5.32 Å². The SMILES string of the molecule is CC(c1ccc(Cl)s1)N1CCNCC1c1ccccc1. The molecule has 1 fully saturated rings. The second-order valence-corrected chi connectivity index (χ2v) is 6.93. The molecule has 0 spiro atoms. The largest absolute Gasteiger partial charge is 0.314 e. The number of piperazine rings is 1. The van der Waals surface area contributed by atoms with Crippen LogP contribution >= 0.6 is 22.9 Å². The molecule has 106 valence electrons. The van der Waals surface area contributed by atoms with Crippen LogP contribution in [0.25, 0.3) is 0 Å². The Labute approximate surface area is 129 Å². The summed E-state index contributed by atoms with van der Waals surface area (Å²) < 4.78 is 0.873. The van der Waals surface area contributed by atoms with Gasteiger partial charge in [0.1, 0.15) is 0 Å². The van der Waals surface area contributed by atoms with Crippen LogP contribution in [0.3, 0.4) is 0 Å². The summed E-state index contributed by atoms with van der Waals surface area (Å²) in [5.74, 6) is 0. The summed E-state index contributed by atoms with van der Waals surface area (Å²) in [4.78, 5) is 3.92. The van der Waals surface area contributed by atoms with Gasteiger partial charge in [0.25, 0.3) is 0 Å². The second-order valence-electron chi connectivity index (χ2n) is 5.19. The van der Waals surface area contributed by atoms with E-state index in [-0.39, 0.29) is 0 Å². The molecule has 4 heteroatoms. The highest BCUT2D eigenvalue weighted by Gasteiger charge is 2.28. The van der Waals surface area contributed by atoms with Gasteiger partial charge < -0.3 is 5.32 Å². The van der Waals surface area contributed by atoms with Gasteiger partial charge in [-0.05, 0) is 24.6 Å². The standard InChI is InChI=1S/C16H19ClN2S/c1-12(15-7-8-16(17)20-15)19-10-9-18-11-14(19)13-5-3-2-4-6-13/h2-8,12,14,18H,9-11H2,1H3. The highest BCUT2D eigenvalue weighted by atomic mass is 35.5. The van der Waals surface area contributed by atoms with E-state index in [0.29, 0.717) is 12.1 Å². The zero-order chi connectivity index (χ0) is 13.9. The van der Waals surface area contributed by atoms with Crippen molar-refractivity contribution in [1.29, 1.82) is 0 Å². The van der Waals surface area contributed by atoms with Crippen molar-refractivity contribution in [2.24, 2.45) is 0 Å². The normalized spacial score (nSPS) is 21.8. The zero-order valence-electron chi connectivity index (χ0n) is 11.6. The Morgan fingerprint density at radius 2 is 2.05 bits per heavy atom. The van der Waals surface area contributed by atoms with Crippen molar-refractivity contribution in [3.8, 4) is 0 Å². The number of hydrogen-bond acceptors (Lipinski definition) is 3. The van der Waals surface area contributed by atoms with Crippen LogP contribution in [-0.2, 0) is 0 Å². The van der Waals surface area contributed by atoms with Gasteiger partial charge in [-0.25, -0.2) is 0 Å². The van der Waals surface area contributed by atoms with E-state index in [1.54, 1.807) is 11.3 Å². The maximum absolute atomic E-state index is 6.08.